The van der Waals surface area contributed by atoms with Gasteiger partial charge >= 0.3 is 5.97 Å². The first-order valence-corrected chi connectivity index (χ1v) is 6.64. The molecule has 0 radical (unpaired) electrons. The second-order valence-corrected chi connectivity index (χ2v) is 5.05. The standard InChI is InChI=1S/C17H19NO2/c1-12-3-7-14(8-4-12)11-18-16(17(19)20)15-9-5-13(2)6-10-15/h3-10,16,18H,11H2,1-2H3,(H,19,20). The van der Waals surface area contributed by atoms with Gasteiger partial charge in [0, 0.05) is 6.54 Å². The van der Waals surface area contributed by atoms with Crippen molar-refractivity contribution in [2.45, 2.75) is 26.4 Å². The van der Waals surface area contributed by atoms with Crippen LogP contribution in [0.25, 0.3) is 0 Å². The minimum Gasteiger partial charge on any atom is -0.480 e. The highest BCUT2D eigenvalue weighted by Crippen LogP contribution is 2.15. The van der Waals surface area contributed by atoms with Crippen LogP contribution in [-0.4, -0.2) is 11.1 Å². The van der Waals surface area contributed by atoms with E-state index in [-0.39, 0.29) is 0 Å². The Morgan fingerprint density at radius 1 is 1.00 bits per heavy atom. The Hall–Kier alpha value is -2.13. The molecule has 0 aliphatic rings. The second-order valence-electron chi connectivity index (χ2n) is 5.05. The Morgan fingerprint density at radius 3 is 2.00 bits per heavy atom. The predicted octanol–water partition coefficient (Wildman–Crippen LogP) is 3.22. The molecule has 0 saturated heterocycles. The van der Waals surface area contributed by atoms with E-state index in [9.17, 15) is 9.90 Å². The minimum absolute atomic E-state index is 0.533. The van der Waals surface area contributed by atoms with Gasteiger partial charge in [-0.05, 0) is 25.0 Å². The summed E-state index contributed by atoms with van der Waals surface area (Å²) in [5, 5.41) is 12.4. The molecule has 2 aromatic carbocycles. The smallest absolute Gasteiger partial charge is 0.325 e. The molecule has 2 rings (SSSR count). The molecule has 0 aliphatic carbocycles. The maximum atomic E-state index is 11.4. The van der Waals surface area contributed by atoms with Gasteiger partial charge in [-0.25, -0.2) is 0 Å². The molecule has 2 aromatic rings. The first-order chi connectivity index (χ1) is 9.56. The average molecular weight is 269 g/mol. The number of carbonyl (C=O) groups is 1. The van der Waals surface area contributed by atoms with Gasteiger partial charge in [0.1, 0.15) is 6.04 Å². The molecule has 3 nitrogen and oxygen atoms in total. The number of hydrogen-bond acceptors (Lipinski definition) is 2. The van der Waals surface area contributed by atoms with E-state index in [2.05, 4.69) is 5.32 Å². The van der Waals surface area contributed by atoms with Crippen molar-refractivity contribution in [3.8, 4) is 0 Å². The lowest BCUT2D eigenvalue weighted by molar-refractivity contribution is -0.139. The zero-order chi connectivity index (χ0) is 14.5. The van der Waals surface area contributed by atoms with Crippen LogP contribution >= 0.6 is 0 Å². The molecule has 104 valence electrons. The van der Waals surface area contributed by atoms with Gasteiger partial charge in [-0.3, -0.25) is 10.1 Å². The molecule has 0 aromatic heterocycles. The Labute approximate surface area is 119 Å². The summed E-state index contributed by atoms with van der Waals surface area (Å²) in [5.74, 6) is -0.860. The normalized spacial score (nSPS) is 12.1. The van der Waals surface area contributed by atoms with Crippen LogP contribution in [0.2, 0.25) is 0 Å². The molecule has 0 aliphatic heterocycles. The van der Waals surface area contributed by atoms with Crippen molar-refractivity contribution in [3.63, 3.8) is 0 Å². The predicted molar refractivity (Wildman–Crippen MR) is 79.6 cm³/mol. The van der Waals surface area contributed by atoms with Crippen LogP contribution in [0.1, 0.15) is 28.3 Å². The van der Waals surface area contributed by atoms with Crippen LogP contribution in [0.4, 0.5) is 0 Å². The van der Waals surface area contributed by atoms with Crippen molar-refractivity contribution in [2.24, 2.45) is 0 Å². The first-order valence-electron chi connectivity index (χ1n) is 6.64. The van der Waals surface area contributed by atoms with Crippen LogP contribution in [0, 0.1) is 13.8 Å². The molecule has 0 spiro atoms. The lowest BCUT2D eigenvalue weighted by Crippen LogP contribution is -2.28. The van der Waals surface area contributed by atoms with Crippen molar-refractivity contribution >= 4 is 5.97 Å². The number of hydrogen-bond donors (Lipinski definition) is 2. The molecule has 0 bridgehead atoms. The molecule has 0 heterocycles. The summed E-state index contributed by atoms with van der Waals surface area (Å²) >= 11 is 0. The summed E-state index contributed by atoms with van der Waals surface area (Å²) in [7, 11) is 0. The maximum Gasteiger partial charge on any atom is 0.325 e. The second kappa shape index (κ2) is 6.35. The van der Waals surface area contributed by atoms with Crippen LogP contribution in [-0.2, 0) is 11.3 Å². The number of nitrogens with one attached hydrogen (secondary N) is 1. The number of rotatable bonds is 5. The van der Waals surface area contributed by atoms with E-state index in [1.165, 1.54) is 5.56 Å². The summed E-state index contributed by atoms with van der Waals surface area (Å²) in [6, 6.07) is 15.0. The zero-order valence-corrected chi connectivity index (χ0v) is 11.8. The maximum absolute atomic E-state index is 11.4. The largest absolute Gasteiger partial charge is 0.480 e. The lowest BCUT2D eigenvalue weighted by Gasteiger charge is -2.15. The Kier molecular flexibility index (Phi) is 4.53. The topological polar surface area (TPSA) is 49.3 Å². The fourth-order valence-electron chi connectivity index (χ4n) is 2.03. The van der Waals surface area contributed by atoms with Crippen LogP contribution in [0.15, 0.2) is 48.5 Å². The van der Waals surface area contributed by atoms with E-state index in [0.29, 0.717) is 6.54 Å². The van der Waals surface area contributed by atoms with E-state index in [0.717, 1.165) is 16.7 Å². The van der Waals surface area contributed by atoms with Crippen molar-refractivity contribution in [3.05, 3.63) is 70.8 Å². The van der Waals surface area contributed by atoms with Gasteiger partial charge in [-0.2, -0.15) is 0 Å². The van der Waals surface area contributed by atoms with Gasteiger partial charge in [-0.1, -0.05) is 59.7 Å². The summed E-state index contributed by atoms with van der Waals surface area (Å²) in [5.41, 5.74) is 4.17. The monoisotopic (exact) mass is 269 g/mol. The number of benzene rings is 2. The summed E-state index contributed by atoms with van der Waals surface area (Å²) in [6.07, 6.45) is 0. The third-order valence-electron chi connectivity index (χ3n) is 3.29. The van der Waals surface area contributed by atoms with Gasteiger partial charge in [0.05, 0.1) is 0 Å². The molecule has 0 fully saturated rings. The molecule has 2 N–H and O–H groups in total. The summed E-state index contributed by atoms with van der Waals surface area (Å²) < 4.78 is 0. The molecule has 0 saturated carbocycles. The molecular weight excluding hydrogens is 250 g/mol. The number of aryl methyl sites for hydroxylation is 2. The van der Waals surface area contributed by atoms with Gasteiger partial charge in [0.2, 0.25) is 0 Å². The highest BCUT2D eigenvalue weighted by molar-refractivity contribution is 5.75. The van der Waals surface area contributed by atoms with Crippen LogP contribution in [0.5, 0.6) is 0 Å². The fourth-order valence-corrected chi connectivity index (χ4v) is 2.03. The zero-order valence-electron chi connectivity index (χ0n) is 11.8. The third-order valence-corrected chi connectivity index (χ3v) is 3.29. The van der Waals surface area contributed by atoms with Gasteiger partial charge in [0.15, 0.2) is 0 Å². The SMILES string of the molecule is Cc1ccc(CNC(C(=O)O)c2ccc(C)cc2)cc1. The number of carboxylic acid groups (broad SMARTS) is 1. The fraction of sp³-hybridized carbons (Fsp3) is 0.235. The van der Waals surface area contributed by atoms with Gasteiger partial charge in [-0.15, -0.1) is 0 Å². The molecular formula is C17H19NO2. The third kappa shape index (κ3) is 3.68. The summed E-state index contributed by atoms with van der Waals surface area (Å²) in [4.78, 5) is 11.4. The van der Waals surface area contributed by atoms with E-state index in [1.807, 2.05) is 62.4 Å². The Bertz CT molecular complexity index is 573. The van der Waals surface area contributed by atoms with E-state index < -0.39 is 12.0 Å². The highest BCUT2D eigenvalue weighted by Gasteiger charge is 2.18. The highest BCUT2D eigenvalue weighted by atomic mass is 16.4. The van der Waals surface area contributed by atoms with Crippen LogP contribution < -0.4 is 5.32 Å². The molecule has 1 unspecified atom stereocenters. The quantitative estimate of drug-likeness (QED) is 0.876. The Morgan fingerprint density at radius 2 is 1.50 bits per heavy atom. The minimum atomic E-state index is -0.860. The van der Waals surface area contributed by atoms with Crippen molar-refractivity contribution in [1.29, 1.82) is 0 Å². The van der Waals surface area contributed by atoms with E-state index >= 15 is 0 Å². The van der Waals surface area contributed by atoms with Crippen LogP contribution in [0.3, 0.4) is 0 Å². The van der Waals surface area contributed by atoms with E-state index in [1.54, 1.807) is 0 Å². The number of aliphatic carboxylic acids is 1. The first kappa shape index (κ1) is 14.3. The average Bonchev–Trinajstić information content (AvgIpc) is 2.43. The van der Waals surface area contributed by atoms with Crippen molar-refractivity contribution in [2.75, 3.05) is 0 Å². The van der Waals surface area contributed by atoms with Gasteiger partial charge in [0.25, 0.3) is 0 Å². The molecule has 0 amide bonds. The summed E-state index contributed by atoms with van der Waals surface area (Å²) in [6.45, 7) is 4.55. The van der Waals surface area contributed by atoms with Gasteiger partial charge < -0.3 is 5.11 Å². The molecule has 3 heteroatoms. The molecule has 1 atom stereocenters. The lowest BCUT2D eigenvalue weighted by atomic mass is 10.0. The van der Waals surface area contributed by atoms with E-state index in [4.69, 9.17) is 0 Å². The Balaban J connectivity index is 2.08. The number of carboxylic acids is 1. The molecule has 20 heavy (non-hydrogen) atoms. The van der Waals surface area contributed by atoms with Crippen molar-refractivity contribution in [1.82, 2.24) is 5.32 Å². The van der Waals surface area contributed by atoms with Crippen molar-refractivity contribution < 1.29 is 9.90 Å².